The van der Waals surface area contributed by atoms with Gasteiger partial charge in [0.05, 0.1) is 13.2 Å². The lowest BCUT2D eigenvalue weighted by Gasteiger charge is -2.31. The summed E-state index contributed by atoms with van der Waals surface area (Å²) in [5.74, 6) is -0.208. The van der Waals surface area contributed by atoms with Gasteiger partial charge in [-0.15, -0.1) is 0 Å². The van der Waals surface area contributed by atoms with E-state index in [1.807, 2.05) is 0 Å². The number of carbonyl (C=O) groups is 3. The Balaban J connectivity index is 1.59. The topological polar surface area (TPSA) is 99.8 Å². The molecule has 1 aliphatic heterocycles. The van der Waals surface area contributed by atoms with Crippen molar-refractivity contribution in [2.75, 3.05) is 26.2 Å². The lowest BCUT2D eigenvalue weighted by molar-refractivity contribution is -0.121. The molecule has 0 aromatic heterocycles. The molecule has 1 saturated heterocycles. The fourth-order valence-corrected chi connectivity index (χ4v) is 2.32. The number of urea groups is 1. The first-order valence-corrected chi connectivity index (χ1v) is 7.84. The molecule has 2 aliphatic rings. The highest BCUT2D eigenvalue weighted by molar-refractivity contribution is 5.84. The summed E-state index contributed by atoms with van der Waals surface area (Å²) in [5, 5.41) is 8.17. The molecule has 1 aliphatic carbocycles. The molecule has 2 fully saturated rings. The predicted octanol–water partition coefficient (Wildman–Crippen LogP) is 0.185. The van der Waals surface area contributed by atoms with Crippen LogP contribution in [-0.4, -0.2) is 61.3 Å². The van der Waals surface area contributed by atoms with Crippen LogP contribution in [0.4, 0.5) is 9.59 Å². The van der Waals surface area contributed by atoms with Gasteiger partial charge in [-0.05, 0) is 32.6 Å². The lowest BCUT2D eigenvalue weighted by atomic mass is 10.1. The van der Waals surface area contributed by atoms with Crippen molar-refractivity contribution in [1.82, 2.24) is 20.9 Å². The van der Waals surface area contributed by atoms with E-state index in [4.69, 9.17) is 4.74 Å². The quantitative estimate of drug-likeness (QED) is 0.674. The van der Waals surface area contributed by atoms with Crippen LogP contribution in [0.2, 0.25) is 0 Å². The van der Waals surface area contributed by atoms with Gasteiger partial charge in [0.15, 0.2) is 0 Å². The molecule has 0 atom stereocenters. The highest BCUT2D eigenvalue weighted by atomic mass is 16.6. The van der Waals surface area contributed by atoms with Crippen LogP contribution in [0, 0.1) is 0 Å². The standard InChI is InChI=1S/C14H24N4O4/c1-2-22-14(21)18-7-5-11(6-8-18)16-12(19)9-15-13(20)17-10-3-4-10/h10-11H,2-9H2,1H3,(H,16,19)(H2,15,17,20). The van der Waals surface area contributed by atoms with Crippen molar-refractivity contribution in [3.63, 3.8) is 0 Å². The SMILES string of the molecule is CCOC(=O)N1CCC(NC(=O)CNC(=O)NC2CC2)CC1. The molecule has 0 aromatic carbocycles. The first-order valence-electron chi connectivity index (χ1n) is 7.84. The van der Waals surface area contributed by atoms with E-state index < -0.39 is 0 Å². The Kier molecular flexibility index (Phi) is 5.85. The number of nitrogens with one attached hydrogen (secondary N) is 3. The summed E-state index contributed by atoms with van der Waals surface area (Å²) >= 11 is 0. The van der Waals surface area contributed by atoms with Crippen molar-refractivity contribution in [2.45, 2.75) is 44.7 Å². The second kappa shape index (κ2) is 7.86. The van der Waals surface area contributed by atoms with E-state index in [0.29, 0.717) is 32.5 Å². The summed E-state index contributed by atoms with van der Waals surface area (Å²) < 4.78 is 4.94. The molecule has 0 aromatic rings. The number of piperidine rings is 1. The van der Waals surface area contributed by atoms with Gasteiger partial charge in [0.1, 0.15) is 0 Å². The molecule has 0 unspecified atom stereocenters. The maximum atomic E-state index is 11.8. The highest BCUT2D eigenvalue weighted by Crippen LogP contribution is 2.18. The van der Waals surface area contributed by atoms with E-state index in [0.717, 1.165) is 12.8 Å². The van der Waals surface area contributed by atoms with Crippen LogP contribution in [0.25, 0.3) is 0 Å². The number of hydrogen-bond acceptors (Lipinski definition) is 4. The molecule has 1 saturated carbocycles. The molecule has 2 rings (SSSR count). The third-order valence-corrected chi connectivity index (χ3v) is 3.71. The van der Waals surface area contributed by atoms with E-state index in [9.17, 15) is 14.4 Å². The Bertz CT molecular complexity index is 417. The van der Waals surface area contributed by atoms with Gasteiger partial charge in [0, 0.05) is 25.2 Å². The molecular weight excluding hydrogens is 288 g/mol. The highest BCUT2D eigenvalue weighted by Gasteiger charge is 2.25. The van der Waals surface area contributed by atoms with Gasteiger partial charge in [-0.1, -0.05) is 0 Å². The Morgan fingerprint density at radius 2 is 1.68 bits per heavy atom. The second-order valence-corrected chi connectivity index (χ2v) is 5.63. The number of amides is 4. The van der Waals surface area contributed by atoms with Gasteiger partial charge in [0.25, 0.3) is 0 Å². The predicted molar refractivity (Wildman–Crippen MR) is 79.3 cm³/mol. The van der Waals surface area contributed by atoms with Crippen molar-refractivity contribution in [3.05, 3.63) is 0 Å². The summed E-state index contributed by atoms with van der Waals surface area (Å²) in [6.45, 7) is 3.25. The number of likely N-dealkylation sites (tertiary alicyclic amines) is 1. The Labute approximate surface area is 129 Å². The van der Waals surface area contributed by atoms with Crippen LogP contribution in [0.1, 0.15) is 32.6 Å². The molecule has 1 heterocycles. The molecule has 8 heteroatoms. The zero-order valence-corrected chi connectivity index (χ0v) is 12.9. The molecule has 4 amide bonds. The Hall–Kier alpha value is -1.99. The summed E-state index contributed by atoms with van der Waals surface area (Å²) in [5.41, 5.74) is 0. The molecular formula is C14H24N4O4. The molecule has 22 heavy (non-hydrogen) atoms. The smallest absolute Gasteiger partial charge is 0.409 e. The minimum atomic E-state index is -0.300. The largest absolute Gasteiger partial charge is 0.450 e. The monoisotopic (exact) mass is 312 g/mol. The zero-order valence-electron chi connectivity index (χ0n) is 12.9. The first kappa shape index (κ1) is 16.4. The average Bonchev–Trinajstić information content (AvgIpc) is 3.30. The van der Waals surface area contributed by atoms with Crippen LogP contribution in [0.5, 0.6) is 0 Å². The van der Waals surface area contributed by atoms with Gasteiger partial charge in [-0.3, -0.25) is 4.79 Å². The van der Waals surface area contributed by atoms with Crippen LogP contribution < -0.4 is 16.0 Å². The third kappa shape index (κ3) is 5.42. The molecule has 124 valence electrons. The van der Waals surface area contributed by atoms with Crippen LogP contribution in [0.15, 0.2) is 0 Å². The van der Waals surface area contributed by atoms with Crippen LogP contribution in [0.3, 0.4) is 0 Å². The molecule has 0 radical (unpaired) electrons. The Morgan fingerprint density at radius 3 is 2.27 bits per heavy atom. The van der Waals surface area contributed by atoms with Gasteiger partial charge < -0.3 is 25.6 Å². The third-order valence-electron chi connectivity index (χ3n) is 3.71. The zero-order chi connectivity index (χ0) is 15.9. The molecule has 8 nitrogen and oxygen atoms in total. The number of nitrogens with zero attached hydrogens (tertiary/aromatic N) is 1. The number of hydrogen-bond donors (Lipinski definition) is 3. The van der Waals surface area contributed by atoms with Crippen molar-refractivity contribution < 1.29 is 19.1 Å². The van der Waals surface area contributed by atoms with E-state index in [2.05, 4.69) is 16.0 Å². The van der Waals surface area contributed by atoms with Gasteiger partial charge >= 0.3 is 12.1 Å². The average molecular weight is 312 g/mol. The maximum Gasteiger partial charge on any atom is 0.409 e. The van der Waals surface area contributed by atoms with Crippen molar-refractivity contribution in [3.8, 4) is 0 Å². The fourth-order valence-electron chi connectivity index (χ4n) is 2.32. The van der Waals surface area contributed by atoms with Gasteiger partial charge in [0.2, 0.25) is 5.91 Å². The molecule has 3 N–H and O–H groups in total. The second-order valence-electron chi connectivity index (χ2n) is 5.63. The minimum Gasteiger partial charge on any atom is -0.450 e. The Morgan fingerprint density at radius 1 is 1.05 bits per heavy atom. The number of ether oxygens (including phenoxy) is 1. The fraction of sp³-hybridized carbons (Fsp3) is 0.786. The van der Waals surface area contributed by atoms with Crippen LogP contribution in [-0.2, 0) is 9.53 Å². The maximum absolute atomic E-state index is 11.8. The lowest BCUT2D eigenvalue weighted by Crippen LogP contribution is -2.49. The normalized spacial score (nSPS) is 18.5. The van der Waals surface area contributed by atoms with Gasteiger partial charge in [-0.25, -0.2) is 9.59 Å². The first-order chi connectivity index (χ1) is 10.6. The molecule has 0 bridgehead atoms. The van der Waals surface area contributed by atoms with Crippen LogP contribution >= 0.6 is 0 Å². The number of rotatable bonds is 5. The summed E-state index contributed by atoms with van der Waals surface area (Å²) in [4.78, 5) is 36.4. The summed E-state index contributed by atoms with van der Waals surface area (Å²) in [6, 6.07) is 0.0107. The van der Waals surface area contributed by atoms with Gasteiger partial charge in [-0.2, -0.15) is 0 Å². The van der Waals surface area contributed by atoms with E-state index in [-0.39, 0.29) is 36.7 Å². The van der Waals surface area contributed by atoms with E-state index in [1.165, 1.54) is 0 Å². The molecule has 0 spiro atoms. The van der Waals surface area contributed by atoms with Crippen molar-refractivity contribution >= 4 is 18.0 Å². The van der Waals surface area contributed by atoms with Crippen molar-refractivity contribution in [2.24, 2.45) is 0 Å². The van der Waals surface area contributed by atoms with E-state index in [1.54, 1.807) is 11.8 Å². The van der Waals surface area contributed by atoms with E-state index >= 15 is 0 Å². The number of carbonyl (C=O) groups excluding carboxylic acids is 3. The van der Waals surface area contributed by atoms with Crippen molar-refractivity contribution in [1.29, 1.82) is 0 Å². The summed E-state index contributed by atoms with van der Waals surface area (Å²) in [6.07, 6.45) is 3.11. The minimum absolute atomic E-state index is 0.0311. The summed E-state index contributed by atoms with van der Waals surface area (Å²) in [7, 11) is 0.